The second-order valence-corrected chi connectivity index (χ2v) is 5.11. The molecule has 17 heavy (non-hydrogen) atoms. The summed E-state index contributed by atoms with van der Waals surface area (Å²) >= 11 is 0. The molecule has 0 saturated carbocycles. The smallest absolute Gasteiger partial charge is 0.123 e. The van der Waals surface area contributed by atoms with Gasteiger partial charge in [-0.05, 0) is 42.6 Å². The Morgan fingerprint density at radius 3 is 2.82 bits per heavy atom. The minimum atomic E-state index is -0.154. The zero-order valence-electron chi connectivity index (χ0n) is 10.2. The first-order valence-corrected chi connectivity index (χ1v) is 5.78. The molecule has 1 heterocycles. The van der Waals surface area contributed by atoms with Crippen molar-refractivity contribution in [3.63, 3.8) is 0 Å². The molecule has 96 valence electrons. The van der Waals surface area contributed by atoms with E-state index in [4.69, 9.17) is 5.73 Å². The highest BCUT2D eigenvalue weighted by atomic mass is 35.5. The van der Waals surface area contributed by atoms with Crippen LogP contribution >= 0.6 is 12.4 Å². The summed E-state index contributed by atoms with van der Waals surface area (Å²) in [6.07, 6.45) is 1.14. The van der Waals surface area contributed by atoms with Gasteiger partial charge in [-0.1, -0.05) is 19.1 Å². The third kappa shape index (κ3) is 3.66. The Morgan fingerprint density at radius 2 is 2.24 bits per heavy atom. The van der Waals surface area contributed by atoms with Crippen LogP contribution < -0.4 is 5.73 Å². The van der Waals surface area contributed by atoms with Crippen molar-refractivity contribution in [2.24, 2.45) is 11.1 Å². The number of nitrogens with zero attached hydrogens (tertiary/aromatic N) is 1. The summed E-state index contributed by atoms with van der Waals surface area (Å²) in [5, 5.41) is 0. The van der Waals surface area contributed by atoms with Gasteiger partial charge in [0.25, 0.3) is 0 Å². The van der Waals surface area contributed by atoms with Gasteiger partial charge in [0.1, 0.15) is 5.82 Å². The van der Waals surface area contributed by atoms with Gasteiger partial charge in [-0.25, -0.2) is 4.39 Å². The van der Waals surface area contributed by atoms with Gasteiger partial charge in [0.15, 0.2) is 0 Å². The molecule has 1 fully saturated rings. The normalized spacial score (nSPS) is 24.6. The average molecular weight is 259 g/mol. The molecule has 0 aromatic heterocycles. The van der Waals surface area contributed by atoms with Gasteiger partial charge in [-0.3, -0.25) is 4.90 Å². The van der Waals surface area contributed by atoms with E-state index in [0.717, 1.165) is 38.2 Å². The van der Waals surface area contributed by atoms with E-state index in [-0.39, 0.29) is 23.6 Å². The number of rotatable bonds is 3. The van der Waals surface area contributed by atoms with Crippen molar-refractivity contribution in [2.45, 2.75) is 19.9 Å². The third-order valence-corrected chi connectivity index (χ3v) is 3.42. The summed E-state index contributed by atoms with van der Waals surface area (Å²) in [6, 6.07) is 6.83. The first-order chi connectivity index (χ1) is 7.61. The van der Waals surface area contributed by atoms with Gasteiger partial charge < -0.3 is 5.73 Å². The number of hydrogen-bond donors (Lipinski definition) is 1. The molecule has 0 amide bonds. The topological polar surface area (TPSA) is 29.3 Å². The lowest BCUT2D eigenvalue weighted by Gasteiger charge is -2.22. The van der Waals surface area contributed by atoms with Crippen LogP contribution in [0.2, 0.25) is 0 Å². The molecule has 1 aromatic rings. The summed E-state index contributed by atoms with van der Waals surface area (Å²) in [7, 11) is 0. The van der Waals surface area contributed by atoms with Crippen molar-refractivity contribution in [1.82, 2.24) is 4.90 Å². The summed E-state index contributed by atoms with van der Waals surface area (Å²) in [4.78, 5) is 2.35. The lowest BCUT2D eigenvalue weighted by molar-refractivity contribution is 0.274. The predicted molar refractivity (Wildman–Crippen MR) is 70.7 cm³/mol. The van der Waals surface area contributed by atoms with E-state index in [1.807, 2.05) is 6.07 Å². The molecule has 0 spiro atoms. The molecular weight excluding hydrogens is 239 g/mol. The lowest BCUT2D eigenvalue weighted by atomic mass is 9.90. The Balaban J connectivity index is 0.00000144. The highest BCUT2D eigenvalue weighted by Gasteiger charge is 2.32. The fraction of sp³-hybridized carbons (Fsp3) is 0.538. The Morgan fingerprint density at radius 1 is 1.47 bits per heavy atom. The second-order valence-electron chi connectivity index (χ2n) is 5.11. The van der Waals surface area contributed by atoms with Gasteiger partial charge >= 0.3 is 0 Å². The second kappa shape index (κ2) is 5.80. The van der Waals surface area contributed by atoms with Crippen LogP contribution in [0.1, 0.15) is 18.9 Å². The number of halogens is 2. The average Bonchev–Trinajstić information content (AvgIpc) is 2.61. The molecule has 0 aliphatic carbocycles. The van der Waals surface area contributed by atoms with Crippen molar-refractivity contribution < 1.29 is 4.39 Å². The quantitative estimate of drug-likeness (QED) is 0.902. The standard InChI is InChI=1S/C13H19FN2.ClH/c1-13(9-15)5-6-16(10-13)8-11-3-2-4-12(14)7-11;/h2-4,7H,5-6,8-10,15H2,1H3;1H. The van der Waals surface area contributed by atoms with Crippen LogP contribution in [0, 0.1) is 11.2 Å². The highest BCUT2D eigenvalue weighted by Crippen LogP contribution is 2.29. The Labute approximate surface area is 108 Å². The molecule has 4 heteroatoms. The van der Waals surface area contributed by atoms with E-state index in [1.165, 1.54) is 6.07 Å². The summed E-state index contributed by atoms with van der Waals surface area (Å²) in [5.41, 5.74) is 7.05. The van der Waals surface area contributed by atoms with Crippen LogP contribution in [-0.4, -0.2) is 24.5 Å². The Bertz CT molecular complexity index is 372. The molecule has 1 unspecified atom stereocenters. The van der Waals surface area contributed by atoms with Crippen molar-refractivity contribution in [2.75, 3.05) is 19.6 Å². The molecule has 2 rings (SSSR count). The first kappa shape index (κ1) is 14.4. The fourth-order valence-electron chi connectivity index (χ4n) is 2.32. The SMILES string of the molecule is CC1(CN)CCN(Cc2cccc(F)c2)C1.Cl. The zero-order valence-corrected chi connectivity index (χ0v) is 11.0. The van der Waals surface area contributed by atoms with Crippen LogP contribution in [0.5, 0.6) is 0 Å². The number of benzene rings is 1. The Hall–Kier alpha value is -0.640. The fourth-order valence-corrected chi connectivity index (χ4v) is 2.32. The molecule has 0 radical (unpaired) electrons. The van der Waals surface area contributed by atoms with E-state index in [0.29, 0.717) is 0 Å². The molecule has 1 saturated heterocycles. The van der Waals surface area contributed by atoms with E-state index in [9.17, 15) is 4.39 Å². The van der Waals surface area contributed by atoms with Gasteiger partial charge in [0.05, 0.1) is 0 Å². The molecule has 2 nitrogen and oxygen atoms in total. The van der Waals surface area contributed by atoms with Crippen molar-refractivity contribution >= 4 is 12.4 Å². The van der Waals surface area contributed by atoms with Crippen molar-refractivity contribution in [3.8, 4) is 0 Å². The maximum absolute atomic E-state index is 13.0. The van der Waals surface area contributed by atoms with E-state index >= 15 is 0 Å². The van der Waals surface area contributed by atoms with Gasteiger partial charge in [0, 0.05) is 13.1 Å². The van der Waals surface area contributed by atoms with E-state index in [1.54, 1.807) is 12.1 Å². The molecule has 0 bridgehead atoms. The van der Waals surface area contributed by atoms with Crippen LogP contribution in [0.25, 0.3) is 0 Å². The molecular formula is C13H20ClFN2. The van der Waals surface area contributed by atoms with E-state index < -0.39 is 0 Å². The molecule has 2 N–H and O–H groups in total. The summed E-state index contributed by atoms with van der Waals surface area (Å²) in [5.74, 6) is -0.154. The maximum atomic E-state index is 13.0. The van der Waals surface area contributed by atoms with Gasteiger partial charge in [-0.2, -0.15) is 0 Å². The van der Waals surface area contributed by atoms with Crippen molar-refractivity contribution in [3.05, 3.63) is 35.6 Å². The first-order valence-electron chi connectivity index (χ1n) is 5.78. The molecule has 1 aromatic carbocycles. The summed E-state index contributed by atoms with van der Waals surface area (Å²) in [6.45, 7) is 5.85. The minimum Gasteiger partial charge on any atom is -0.330 e. The maximum Gasteiger partial charge on any atom is 0.123 e. The van der Waals surface area contributed by atoms with Crippen LogP contribution in [0.3, 0.4) is 0 Å². The zero-order chi connectivity index (χ0) is 11.6. The third-order valence-electron chi connectivity index (χ3n) is 3.42. The summed E-state index contributed by atoms with van der Waals surface area (Å²) < 4.78 is 13.0. The van der Waals surface area contributed by atoms with Gasteiger partial charge in [-0.15, -0.1) is 12.4 Å². The largest absolute Gasteiger partial charge is 0.330 e. The Kier molecular flexibility index (Phi) is 4.92. The highest BCUT2D eigenvalue weighted by molar-refractivity contribution is 5.85. The molecule has 1 atom stereocenters. The van der Waals surface area contributed by atoms with Gasteiger partial charge in [0.2, 0.25) is 0 Å². The van der Waals surface area contributed by atoms with Crippen LogP contribution in [0.4, 0.5) is 4.39 Å². The number of hydrogen-bond acceptors (Lipinski definition) is 2. The van der Waals surface area contributed by atoms with E-state index in [2.05, 4.69) is 11.8 Å². The monoisotopic (exact) mass is 258 g/mol. The predicted octanol–water partition coefficient (Wildman–Crippen LogP) is 2.42. The minimum absolute atomic E-state index is 0. The number of likely N-dealkylation sites (tertiary alicyclic amines) is 1. The number of nitrogens with two attached hydrogens (primary N) is 1. The van der Waals surface area contributed by atoms with Crippen molar-refractivity contribution in [1.29, 1.82) is 0 Å². The van der Waals surface area contributed by atoms with Crippen LogP contribution in [-0.2, 0) is 6.54 Å². The lowest BCUT2D eigenvalue weighted by Crippen LogP contribution is -2.31. The van der Waals surface area contributed by atoms with Crippen LogP contribution in [0.15, 0.2) is 24.3 Å². The molecule has 1 aliphatic heterocycles. The molecule has 1 aliphatic rings.